The summed E-state index contributed by atoms with van der Waals surface area (Å²) in [6.45, 7) is 5.02. The van der Waals surface area contributed by atoms with Crippen LogP contribution in [-0.4, -0.2) is 62.5 Å². The minimum Gasteiger partial charge on any atom is -0.369 e. The molecule has 0 spiro atoms. The molecule has 36 heavy (non-hydrogen) atoms. The highest BCUT2D eigenvalue weighted by molar-refractivity contribution is 7.10. The van der Waals surface area contributed by atoms with Gasteiger partial charge in [0.1, 0.15) is 0 Å². The highest BCUT2D eigenvalue weighted by atomic mass is 32.1. The molecule has 4 nitrogen and oxygen atoms in total. The molecule has 5 rings (SSSR count). The first-order valence-electron chi connectivity index (χ1n) is 12.9. The summed E-state index contributed by atoms with van der Waals surface area (Å²) in [4.78, 5) is 21.1. The number of rotatable bonds is 8. The third-order valence-electron chi connectivity index (χ3n) is 7.42. The van der Waals surface area contributed by atoms with Gasteiger partial charge in [-0.05, 0) is 58.9 Å². The van der Waals surface area contributed by atoms with Gasteiger partial charge in [-0.3, -0.25) is 4.79 Å². The Hall–Kier alpha value is -3.15. The molecule has 1 aliphatic rings. The number of nitrogens with zero attached hydrogens (tertiary/aromatic N) is 3. The zero-order valence-electron chi connectivity index (χ0n) is 21.3. The minimum atomic E-state index is 0.171. The van der Waals surface area contributed by atoms with Crippen molar-refractivity contribution in [2.24, 2.45) is 0 Å². The number of carbonyl (C=O) groups is 1. The van der Waals surface area contributed by atoms with Crippen molar-refractivity contribution in [1.82, 2.24) is 9.80 Å². The van der Waals surface area contributed by atoms with Crippen molar-refractivity contribution in [2.45, 2.75) is 18.8 Å². The summed E-state index contributed by atoms with van der Waals surface area (Å²) in [6.07, 6.45) is 1.34. The van der Waals surface area contributed by atoms with Gasteiger partial charge in [0.05, 0.1) is 6.42 Å². The maximum Gasteiger partial charge on any atom is 0.226 e. The van der Waals surface area contributed by atoms with Gasteiger partial charge in [-0.2, -0.15) is 0 Å². The maximum absolute atomic E-state index is 13.1. The van der Waals surface area contributed by atoms with Crippen LogP contribution < -0.4 is 4.90 Å². The van der Waals surface area contributed by atoms with E-state index in [1.165, 1.54) is 26.9 Å². The molecular weight excluding hydrogens is 462 g/mol. The fourth-order valence-corrected chi connectivity index (χ4v) is 6.02. The number of fused-ring (bicyclic) bond motifs is 1. The Morgan fingerprint density at radius 1 is 0.917 bits per heavy atom. The summed E-state index contributed by atoms with van der Waals surface area (Å²) in [5.41, 5.74) is 3.67. The van der Waals surface area contributed by atoms with Crippen LogP contribution in [0.15, 0.2) is 84.2 Å². The molecule has 1 saturated heterocycles. The molecule has 1 unspecified atom stereocenters. The Labute approximate surface area is 218 Å². The third kappa shape index (κ3) is 5.63. The van der Waals surface area contributed by atoms with Crippen molar-refractivity contribution in [2.75, 3.05) is 51.7 Å². The number of piperazine rings is 1. The van der Waals surface area contributed by atoms with Crippen molar-refractivity contribution < 1.29 is 4.79 Å². The van der Waals surface area contributed by atoms with Gasteiger partial charge in [-0.25, -0.2) is 0 Å². The second kappa shape index (κ2) is 11.3. The largest absolute Gasteiger partial charge is 0.369 e. The first-order valence-corrected chi connectivity index (χ1v) is 13.7. The first-order chi connectivity index (χ1) is 17.6. The van der Waals surface area contributed by atoms with Crippen LogP contribution in [0.25, 0.3) is 10.8 Å². The van der Waals surface area contributed by atoms with Crippen LogP contribution in [0.2, 0.25) is 0 Å². The zero-order chi connectivity index (χ0) is 24.9. The van der Waals surface area contributed by atoms with Crippen LogP contribution in [-0.2, 0) is 11.2 Å². The average Bonchev–Trinajstić information content (AvgIpc) is 3.44. The molecule has 2 heterocycles. The van der Waals surface area contributed by atoms with Crippen molar-refractivity contribution in [3.05, 3.63) is 100 Å². The average molecular weight is 498 g/mol. The quantitative estimate of drug-likeness (QED) is 0.304. The molecule has 0 radical (unpaired) electrons. The Morgan fingerprint density at radius 2 is 1.67 bits per heavy atom. The molecule has 0 saturated carbocycles. The monoisotopic (exact) mass is 497 g/mol. The predicted octanol–water partition coefficient (Wildman–Crippen LogP) is 5.88. The second-order valence-electron chi connectivity index (χ2n) is 9.87. The molecule has 5 heteroatoms. The van der Waals surface area contributed by atoms with Gasteiger partial charge in [0, 0.05) is 56.3 Å². The second-order valence-corrected chi connectivity index (χ2v) is 10.9. The lowest BCUT2D eigenvalue weighted by Crippen LogP contribution is -2.44. The van der Waals surface area contributed by atoms with Gasteiger partial charge < -0.3 is 14.7 Å². The Bertz CT molecular complexity index is 1270. The van der Waals surface area contributed by atoms with E-state index in [1.54, 1.807) is 11.3 Å². The van der Waals surface area contributed by atoms with E-state index in [9.17, 15) is 4.79 Å². The number of hydrogen-bond acceptors (Lipinski definition) is 4. The molecular formula is C31H35N3OS. The lowest BCUT2D eigenvalue weighted by Gasteiger charge is -2.34. The summed E-state index contributed by atoms with van der Waals surface area (Å²) in [5.74, 6) is 0.444. The van der Waals surface area contributed by atoms with E-state index >= 15 is 0 Å². The number of carbonyl (C=O) groups excluding carboxylic acids is 1. The molecule has 186 valence electrons. The summed E-state index contributed by atoms with van der Waals surface area (Å²) < 4.78 is 0. The highest BCUT2D eigenvalue weighted by Crippen LogP contribution is 2.35. The molecule has 0 aliphatic carbocycles. The van der Waals surface area contributed by atoms with E-state index in [0.29, 0.717) is 6.42 Å². The van der Waals surface area contributed by atoms with E-state index in [4.69, 9.17) is 0 Å². The van der Waals surface area contributed by atoms with Crippen molar-refractivity contribution in [3.8, 4) is 0 Å². The zero-order valence-corrected chi connectivity index (χ0v) is 22.1. The van der Waals surface area contributed by atoms with Gasteiger partial charge in [-0.1, -0.05) is 60.7 Å². The third-order valence-corrected chi connectivity index (χ3v) is 8.41. The number of likely N-dealkylation sites (N-methyl/N-ethyl adjacent to an activating group) is 2. The molecule has 0 N–H and O–H groups in total. The fourth-order valence-electron chi connectivity index (χ4n) is 5.14. The maximum atomic E-state index is 13.1. The first kappa shape index (κ1) is 24.5. The van der Waals surface area contributed by atoms with E-state index in [0.717, 1.165) is 44.7 Å². The van der Waals surface area contributed by atoms with Gasteiger partial charge in [0.25, 0.3) is 0 Å². The van der Waals surface area contributed by atoms with Crippen molar-refractivity contribution in [1.29, 1.82) is 0 Å². The van der Waals surface area contributed by atoms with Crippen LogP contribution in [0.1, 0.15) is 28.3 Å². The standard InChI is InChI=1S/C31H35N3OS/c1-32-18-20-34(21-19-32)26-14-12-24(13-15-26)23-31(35)33(2)17-16-29(30-11-6-22-36-30)28-10-5-8-25-7-3-4-9-27(25)28/h3-15,22,29H,16-21,23H2,1-2H3. The number of hydrogen-bond donors (Lipinski definition) is 0. The number of anilines is 1. The number of benzene rings is 3. The molecule has 1 fully saturated rings. The molecule has 3 aromatic carbocycles. The molecule has 1 atom stereocenters. The fraction of sp³-hybridized carbons (Fsp3) is 0.323. The lowest BCUT2D eigenvalue weighted by atomic mass is 9.89. The van der Waals surface area contributed by atoms with Crippen molar-refractivity contribution in [3.63, 3.8) is 0 Å². The molecule has 1 aliphatic heterocycles. The summed E-state index contributed by atoms with van der Waals surface area (Å²) >= 11 is 1.80. The van der Waals surface area contributed by atoms with Crippen LogP contribution in [0.5, 0.6) is 0 Å². The van der Waals surface area contributed by atoms with Crippen molar-refractivity contribution >= 4 is 33.7 Å². The smallest absolute Gasteiger partial charge is 0.226 e. The predicted molar refractivity (Wildman–Crippen MR) is 152 cm³/mol. The molecule has 0 bridgehead atoms. The Kier molecular flexibility index (Phi) is 7.69. The SMILES string of the molecule is CN1CCN(c2ccc(CC(=O)N(C)CCC(c3cccs3)c3cccc4ccccc34)cc2)CC1. The molecule has 1 amide bonds. The summed E-state index contributed by atoms with van der Waals surface area (Å²) in [7, 11) is 4.11. The van der Waals surface area contributed by atoms with Crippen LogP contribution in [0, 0.1) is 0 Å². The van der Waals surface area contributed by atoms with E-state index < -0.39 is 0 Å². The van der Waals surface area contributed by atoms with Crippen LogP contribution >= 0.6 is 11.3 Å². The van der Waals surface area contributed by atoms with Gasteiger partial charge in [-0.15, -0.1) is 11.3 Å². The molecule has 1 aromatic heterocycles. The Morgan fingerprint density at radius 3 is 2.42 bits per heavy atom. The lowest BCUT2D eigenvalue weighted by molar-refractivity contribution is -0.129. The normalized spacial score (nSPS) is 15.2. The van der Waals surface area contributed by atoms with Gasteiger partial charge in [0.15, 0.2) is 0 Å². The summed E-state index contributed by atoms with van der Waals surface area (Å²) in [6, 6.07) is 28.1. The van der Waals surface area contributed by atoms with Crippen LogP contribution in [0.4, 0.5) is 5.69 Å². The number of thiophene rings is 1. The Balaban J connectivity index is 1.23. The minimum absolute atomic E-state index is 0.171. The highest BCUT2D eigenvalue weighted by Gasteiger charge is 2.20. The van der Waals surface area contributed by atoms with Crippen LogP contribution in [0.3, 0.4) is 0 Å². The van der Waals surface area contributed by atoms with E-state index in [-0.39, 0.29) is 11.8 Å². The number of amides is 1. The van der Waals surface area contributed by atoms with Gasteiger partial charge in [0.2, 0.25) is 5.91 Å². The summed E-state index contributed by atoms with van der Waals surface area (Å²) in [5, 5.41) is 4.71. The topological polar surface area (TPSA) is 26.8 Å². The molecule has 4 aromatic rings. The van der Waals surface area contributed by atoms with E-state index in [1.807, 2.05) is 11.9 Å². The van der Waals surface area contributed by atoms with Gasteiger partial charge >= 0.3 is 0 Å². The van der Waals surface area contributed by atoms with E-state index in [2.05, 4.69) is 101 Å².